The largest absolute Gasteiger partial charge is 0.496 e. The lowest BCUT2D eigenvalue weighted by Crippen LogP contribution is -2.00. The van der Waals surface area contributed by atoms with E-state index in [4.69, 9.17) is 15.2 Å². The second-order valence-corrected chi connectivity index (χ2v) is 2.67. The standard InChI is InChI=1S/C10H15NO2/c1-3-13-7-8-9(11)5-4-6-10(8)12-2/h4-6H,3,7,11H2,1-2H3. The van der Waals surface area contributed by atoms with Gasteiger partial charge in [0.1, 0.15) is 5.75 Å². The van der Waals surface area contributed by atoms with Gasteiger partial charge in [-0.25, -0.2) is 0 Å². The maximum absolute atomic E-state index is 5.78. The fourth-order valence-electron chi connectivity index (χ4n) is 1.13. The molecule has 0 radical (unpaired) electrons. The van der Waals surface area contributed by atoms with Crippen LogP contribution in [0.1, 0.15) is 12.5 Å². The van der Waals surface area contributed by atoms with Gasteiger partial charge >= 0.3 is 0 Å². The second kappa shape index (κ2) is 4.72. The first-order valence-electron chi connectivity index (χ1n) is 4.28. The number of hydrogen-bond acceptors (Lipinski definition) is 3. The number of hydrogen-bond donors (Lipinski definition) is 1. The van der Waals surface area contributed by atoms with E-state index in [2.05, 4.69) is 0 Å². The minimum absolute atomic E-state index is 0.506. The normalized spacial score (nSPS) is 10.0. The SMILES string of the molecule is CCOCc1c(N)cccc1OC. The van der Waals surface area contributed by atoms with Crippen LogP contribution in [0.25, 0.3) is 0 Å². The van der Waals surface area contributed by atoms with Gasteiger partial charge in [0.05, 0.1) is 13.7 Å². The molecule has 0 aliphatic carbocycles. The molecule has 1 aromatic rings. The van der Waals surface area contributed by atoms with E-state index in [9.17, 15) is 0 Å². The van der Waals surface area contributed by atoms with Crippen LogP contribution in [0.15, 0.2) is 18.2 Å². The fraction of sp³-hybridized carbons (Fsp3) is 0.400. The van der Waals surface area contributed by atoms with Gasteiger partial charge in [-0.1, -0.05) is 6.07 Å². The number of anilines is 1. The Morgan fingerprint density at radius 1 is 1.38 bits per heavy atom. The Bertz CT molecular complexity index is 274. The molecule has 0 fully saturated rings. The molecule has 0 atom stereocenters. The minimum Gasteiger partial charge on any atom is -0.496 e. The summed E-state index contributed by atoms with van der Waals surface area (Å²) in [4.78, 5) is 0. The Morgan fingerprint density at radius 2 is 2.15 bits per heavy atom. The highest BCUT2D eigenvalue weighted by atomic mass is 16.5. The van der Waals surface area contributed by atoms with Gasteiger partial charge in [0.15, 0.2) is 0 Å². The highest BCUT2D eigenvalue weighted by Gasteiger charge is 2.05. The number of ether oxygens (including phenoxy) is 2. The number of methoxy groups -OCH3 is 1. The monoisotopic (exact) mass is 181 g/mol. The van der Waals surface area contributed by atoms with Crippen LogP contribution in [0.5, 0.6) is 5.75 Å². The minimum atomic E-state index is 0.506. The molecule has 0 heterocycles. The lowest BCUT2D eigenvalue weighted by molar-refractivity contribution is 0.132. The molecule has 2 N–H and O–H groups in total. The molecule has 0 aliphatic heterocycles. The van der Waals surface area contributed by atoms with Crippen LogP contribution in [0.2, 0.25) is 0 Å². The molecule has 72 valence electrons. The molecule has 0 amide bonds. The molecular formula is C10H15NO2. The third-order valence-corrected chi connectivity index (χ3v) is 1.84. The molecule has 3 heteroatoms. The Balaban J connectivity index is 2.87. The molecule has 0 spiro atoms. The Labute approximate surface area is 78.5 Å². The molecular weight excluding hydrogens is 166 g/mol. The van der Waals surface area contributed by atoms with Gasteiger partial charge in [-0.3, -0.25) is 0 Å². The third kappa shape index (κ3) is 2.36. The summed E-state index contributed by atoms with van der Waals surface area (Å²) in [5.74, 6) is 0.786. The van der Waals surface area contributed by atoms with Crippen molar-refractivity contribution in [3.8, 4) is 5.75 Å². The summed E-state index contributed by atoms with van der Waals surface area (Å²) in [6.45, 7) is 3.13. The number of benzene rings is 1. The first-order chi connectivity index (χ1) is 6.29. The highest BCUT2D eigenvalue weighted by Crippen LogP contribution is 2.24. The predicted molar refractivity (Wildman–Crippen MR) is 52.7 cm³/mol. The van der Waals surface area contributed by atoms with Crippen molar-refractivity contribution in [1.29, 1.82) is 0 Å². The molecule has 0 bridgehead atoms. The van der Waals surface area contributed by atoms with Gasteiger partial charge in [-0.15, -0.1) is 0 Å². The zero-order valence-electron chi connectivity index (χ0n) is 8.04. The van der Waals surface area contributed by atoms with Crippen LogP contribution < -0.4 is 10.5 Å². The second-order valence-electron chi connectivity index (χ2n) is 2.67. The van der Waals surface area contributed by atoms with E-state index in [1.807, 2.05) is 25.1 Å². The molecule has 0 saturated heterocycles. The molecule has 0 saturated carbocycles. The summed E-state index contributed by atoms with van der Waals surface area (Å²) in [5.41, 5.74) is 7.42. The number of nitrogens with two attached hydrogens (primary N) is 1. The van der Waals surface area contributed by atoms with Gasteiger partial charge in [0.2, 0.25) is 0 Å². The van der Waals surface area contributed by atoms with Crippen molar-refractivity contribution in [1.82, 2.24) is 0 Å². The Kier molecular flexibility index (Phi) is 3.58. The summed E-state index contributed by atoms with van der Waals surface area (Å²) in [7, 11) is 1.63. The molecule has 3 nitrogen and oxygen atoms in total. The number of nitrogen functional groups attached to an aromatic ring is 1. The van der Waals surface area contributed by atoms with Crippen molar-refractivity contribution in [2.75, 3.05) is 19.5 Å². The van der Waals surface area contributed by atoms with Crippen LogP contribution in [-0.4, -0.2) is 13.7 Å². The zero-order chi connectivity index (χ0) is 9.68. The average Bonchev–Trinajstić information content (AvgIpc) is 2.15. The zero-order valence-corrected chi connectivity index (χ0v) is 8.04. The lowest BCUT2D eigenvalue weighted by Gasteiger charge is -2.10. The smallest absolute Gasteiger partial charge is 0.126 e. The fourth-order valence-corrected chi connectivity index (χ4v) is 1.13. The van der Waals surface area contributed by atoms with Crippen molar-refractivity contribution in [3.05, 3.63) is 23.8 Å². The van der Waals surface area contributed by atoms with Crippen LogP contribution in [0.3, 0.4) is 0 Å². The molecule has 0 aromatic heterocycles. The topological polar surface area (TPSA) is 44.5 Å². The van der Waals surface area contributed by atoms with Gasteiger partial charge in [0, 0.05) is 17.9 Å². The van der Waals surface area contributed by atoms with Crippen LogP contribution >= 0.6 is 0 Å². The maximum atomic E-state index is 5.78. The van der Waals surface area contributed by atoms with Crippen LogP contribution in [-0.2, 0) is 11.3 Å². The third-order valence-electron chi connectivity index (χ3n) is 1.84. The van der Waals surface area contributed by atoms with Crippen molar-refractivity contribution in [2.45, 2.75) is 13.5 Å². The highest BCUT2D eigenvalue weighted by molar-refractivity contribution is 5.53. The maximum Gasteiger partial charge on any atom is 0.126 e. The Morgan fingerprint density at radius 3 is 2.77 bits per heavy atom. The average molecular weight is 181 g/mol. The van der Waals surface area contributed by atoms with Gasteiger partial charge in [0.25, 0.3) is 0 Å². The van der Waals surface area contributed by atoms with Gasteiger partial charge in [-0.05, 0) is 19.1 Å². The van der Waals surface area contributed by atoms with Gasteiger partial charge < -0.3 is 15.2 Å². The van der Waals surface area contributed by atoms with Crippen molar-refractivity contribution in [3.63, 3.8) is 0 Å². The summed E-state index contributed by atoms with van der Waals surface area (Å²) in [6, 6.07) is 5.59. The van der Waals surface area contributed by atoms with Gasteiger partial charge in [-0.2, -0.15) is 0 Å². The lowest BCUT2D eigenvalue weighted by atomic mass is 10.1. The quantitative estimate of drug-likeness (QED) is 0.720. The van der Waals surface area contributed by atoms with Crippen LogP contribution in [0.4, 0.5) is 5.69 Å². The molecule has 1 aromatic carbocycles. The van der Waals surface area contributed by atoms with E-state index in [0.29, 0.717) is 18.9 Å². The van der Waals surface area contributed by atoms with E-state index in [1.54, 1.807) is 7.11 Å². The first kappa shape index (κ1) is 9.86. The van der Waals surface area contributed by atoms with E-state index < -0.39 is 0 Å². The number of rotatable bonds is 4. The Hall–Kier alpha value is -1.22. The molecule has 0 aliphatic rings. The predicted octanol–water partition coefficient (Wildman–Crippen LogP) is 1.81. The molecule has 0 unspecified atom stereocenters. The van der Waals surface area contributed by atoms with Crippen LogP contribution in [0, 0.1) is 0 Å². The van der Waals surface area contributed by atoms with E-state index in [0.717, 1.165) is 11.3 Å². The van der Waals surface area contributed by atoms with Crippen molar-refractivity contribution >= 4 is 5.69 Å². The van der Waals surface area contributed by atoms with E-state index in [-0.39, 0.29) is 0 Å². The molecule has 1 rings (SSSR count). The van der Waals surface area contributed by atoms with Crippen molar-refractivity contribution in [2.24, 2.45) is 0 Å². The summed E-state index contributed by atoms with van der Waals surface area (Å²) >= 11 is 0. The van der Waals surface area contributed by atoms with E-state index in [1.165, 1.54) is 0 Å². The van der Waals surface area contributed by atoms with E-state index >= 15 is 0 Å². The van der Waals surface area contributed by atoms with Crippen molar-refractivity contribution < 1.29 is 9.47 Å². The summed E-state index contributed by atoms with van der Waals surface area (Å²) in [5, 5.41) is 0. The summed E-state index contributed by atoms with van der Waals surface area (Å²) in [6.07, 6.45) is 0. The molecule has 13 heavy (non-hydrogen) atoms. The summed E-state index contributed by atoms with van der Waals surface area (Å²) < 4.78 is 10.4. The first-order valence-corrected chi connectivity index (χ1v) is 4.28.